The smallest absolute Gasteiger partial charge is 0.119 e. The van der Waals surface area contributed by atoms with Gasteiger partial charge < -0.3 is 19.9 Å². The van der Waals surface area contributed by atoms with Crippen molar-refractivity contribution in [2.45, 2.75) is 19.3 Å². The molecule has 2 N–H and O–H groups in total. The average molecular weight is 315 g/mol. The molecule has 0 fully saturated rings. The highest BCUT2D eigenvalue weighted by Gasteiger charge is 2.10. The van der Waals surface area contributed by atoms with Crippen molar-refractivity contribution in [1.29, 1.82) is 0 Å². The number of methoxy groups -OCH3 is 1. The van der Waals surface area contributed by atoms with Crippen LogP contribution in [0, 0.1) is 0 Å². The first-order chi connectivity index (χ1) is 11.3. The summed E-state index contributed by atoms with van der Waals surface area (Å²) < 4.78 is 16.4. The largest absolute Gasteiger partial charge is 0.497 e. The molecule has 0 saturated carbocycles. The first-order valence-corrected chi connectivity index (χ1v) is 7.96. The van der Waals surface area contributed by atoms with Crippen LogP contribution in [-0.4, -0.2) is 26.9 Å². The number of ether oxygens (including phenoxy) is 3. The third kappa shape index (κ3) is 5.18. The van der Waals surface area contributed by atoms with E-state index in [2.05, 4.69) is 12.1 Å². The lowest BCUT2D eigenvalue weighted by Gasteiger charge is -2.16. The predicted octanol–water partition coefficient (Wildman–Crippen LogP) is 3.61. The van der Waals surface area contributed by atoms with Gasteiger partial charge in [-0.2, -0.15) is 0 Å². The summed E-state index contributed by atoms with van der Waals surface area (Å²) >= 11 is 0. The normalized spacial score (nSPS) is 11.8. The van der Waals surface area contributed by atoms with E-state index >= 15 is 0 Å². The first kappa shape index (κ1) is 17.2. The minimum absolute atomic E-state index is 0.281. The number of benzene rings is 2. The van der Waals surface area contributed by atoms with Crippen LogP contribution >= 0.6 is 0 Å². The van der Waals surface area contributed by atoms with E-state index in [1.54, 1.807) is 7.11 Å². The molecule has 0 radical (unpaired) electrons. The van der Waals surface area contributed by atoms with Crippen LogP contribution in [0.1, 0.15) is 24.8 Å². The Morgan fingerprint density at radius 2 is 1.43 bits per heavy atom. The van der Waals surface area contributed by atoms with E-state index in [1.165, 1.54) is 5.56 Å². The van der Waals surface area contributed by atoms with Crippen LogP contribution in [0.15, 0.2) is 48.5 Å². The second-order valence-electron chi connectivity index (χ2n) is 5.25. The van der Waals surface area contributed by atoms with Gasteiger partial charge >= 0.3 is 0 Å². The van der Waals surface area contributed by atoms with Gasteiger partial charge in [-0.1, -0.05) is 12.1 Å². The molecule has 1 unspecified atom stereocenters. The van der Waals surface area contributed by atoms with Crippen LogP contribution < -0.4 is 19.9 Å². The van der Waals surface area contributed by atoms with Gasteiger partial charge in [0, 0.05) is 0 Å². The Hall–Kier alpha value is -2.20. The van der Waals surface area contributed by atoms with Crippen molar-refractivity contribution in [1.82, 2.24) is 0 Å². The van der Waals surface area contributed by atoms with E-state index < -0.39 is 0 Å². The molecule has 1 atom stereocenters. The molecule has 4 heteroatoms. The van der Waals surface area contributed by atoms with Gasteiger partial charge in [-0.05, 0) is 67.8 Å². The van der Waals surface area contributed by atoms with Crippen molar-refractivity contribution in [2.24, 2.45) is 5.73 Å². The second-order valence-corrected chi connectivity index (χ2v) is 5.25. The highest BCUT2D eigenvalue weighted by molar-refractivity contribution is 5.31. The maximum Gasteiger partial charge on any atom is 0.119 e. The van der Waals surface area contributed by atoms with Gasteiger partial charge in [0.15, 0.2) is 0 Å². The third-order valence-electron chi connectivity index (χ3n) is 3.74. The molecule has 0 bridgehead atoms. The zero-order valence-corrected chi connectivity index (χ0v) is 13.8. The van der Waals surface area contributed by atoms with Gasteiger partial charge in [0.05, 0.1) is 20.3 Å². The van der Waals surface area contributed by atoms with E-state index in [9.17, 15) is 0 Å². The fraction of sp³-hybridized carbons (Fsp3) is 0.368. The van der Waals surface area contributed by atoms with Crippen molar-refractivity contribution < 1.29 is 14.2 Å². The molecule has 0 spiro atoms. The molecule has 2 aromatic rings. The van der Waals surface area contributed by atoms with Crippen molar-refractivity contribution >= 4 is 0 Å². The van der Waals surface area contributed by atoms with E-state index in [1.807, 2.05) is 43.3 Å². The average Bonchev–Trinajstić information content (AvgIpc) is 2.60. The summed E-state index contributed by atoms with van der Waals surface area (Å²) in [4.78, 5) is 0. The Morgan fingerprint density at radius 3 is 2.00 bits per heavy atom. The molecule has 2 aromatic carbocycles. The van der Waals surface area contributed by atoms with Crippen LogP contribution in [-0.2, 0) is 0 Å². The summed E-state index contributed by atoms with van der Waals surface area (Å²) in [6, 6.07) is 15.7. The minimum Gasteiger partial charge on any atom is -0.497 e. The molecule has 0 heterocycles. The standard InChI is InChI=1S/C19H25NO3/c1-3-22-18-6-4-15(5-7-18)16(14-20)12-13-23-19-10-8-17(21-2)9-11-19/h4-11,16H,3,12-14,20H2,1-2H3. The summed E-state index contributed by atoms with van der Waals surface area (Å²) in [6.07, 6.45) is 0.872. The van der Waals surface area contributed by atoms with Crippen molar-refractivity contribution in [3.05, 3.63) is 54.1 Å². The molecule has 0 saturated heterocycles. The fourth-order valence-electron chi connectivity index (χ4n) is 2.41. The summed E-state index contributed by atoms with van der Waals surface area (Å²) in [5.74, 6) is 2.84. The minimum atomic E-state index is 0.281. The van der Waals surface area contributed by atoms with Gasteiger partial charge in [-0.3, -0.25) is 0 Å². The van der Waals surface area contributed by atoms with Gasteiger partial charge in [-0.15, -0.1) is 0 Å². The number of rotatable bonds is 9. The number of hydrogen-bond donors (Lipinski definition) is 1. The molecule has 2 rings (SSSR count). The lowest BCUT2D eigenvalue weighted by atomic mass is 9.96. The van der Waals surface area contributed by atoms with E-state index in [0.29, 0.717) is 19.8 Å². The maximum absolute atomic E-state index is 5.92. The van der Waals surface area contributed by atoms with Crippen molar-refractivity contribution in [2.75, 3.05) is 26.9 Å². The monoisotopic (exact) mass is 315 g/mol. The Morgan fingerprint density at radius 1 is 0.870 bits per heavy atom. The summed E-state index contributed by atoms with van der Waals surface area (Å²) in [5.41, 5.74) is 7.13. The van der Waals surface area contributed by atoms with Crippen LogP contribution in [0.3, 0.4) is 0 Å². The lowest BCUT2D eigenvalue weighted by molar-refractivity contribution is 0.297. The Labute approximate surface area is 138 Å². The number of nitrogens with two attached hydrogens (primary N) is 1. The molecule has 23 heavy (non-hydrogen) atoms. The molecule has 0 aliphatic rings. The molecule has 4 nitrogen and oxygen atoms in total. The van der Waals surface area contributed by atoms with Gasteiger partial charge in [0.1, 0.15) is 17.2 Å². The fourth-order valence-corrected chi connectivity index (χ4v) is 2.41. The summed E-state index contributed by atoms with van der Waals surface area (Å²) in [7, 11) is 1.65. The Bertz CT molecular complexity index is 566. The molecule has 0 aliphatic heterocycles. The molecule has 124 valence electrons. The van der Waals surface area contributed by atoms with Crippen molar-refractivity contribution in [3.63, 3.8) is 0 Å². The quantitative estimate of drug-likeness (QED) is 0.768. The van der Waals surface area contributed by atoms with Crippen LogP contribution in [0.5, 0.6) is 17.2 Å². The second kappa shape index (κ2) is 9.06. The molecule has 0 amide bonds. The highest BCUT2D eigenvalue weighted by Crippen LogP contribution is 2.23. The Balaban J connectivity index is 1.86. The predicted molar refractivity (Wildman–Crippen MR) is 92.5 cm³/mol. The third-order valence-corrected chi connectivity index (χ3v) is 3.74. The van der Waals surface area contributed by atoms with Gasteiger partial charge in [0.25, 0.3) is 0 Å². The first-order valence-electron chi connectivity index (χ1n) is 7.96. The topological polar surface area (TPSA) is 53.7 Å². The van der Waals surface area contributed by atoms with Gasteiger partial charge in [0.2, 0.25) is 0 Å². The van der Waals surface area contributed by atoms with E-state index in [0.717, 1.165) is 23.7 Å². The van der Waals surface area contributed by atoms with E-state index in [-0.39, 0.29) is 5.92 Å². The molecule has 0 aliphatic carbocycles. The summed E-state index contributed by atoms with van der Waals surface area (Å²) in [6.45, 7) is 3.88. The zero-order chi connectivity index (χ0) is 16.5. The van der Waals surface area contributed by atoms with Crippen LogP contribution in [0.2, 0.25) is 0 Å². The molecule has 0 aromatic heterocycles. The van der Waals surface area contributed by atoms with Crippen LogP contribution in [0.25, 0.3) is 0 Å². The van der Waals surface area contributed by atoms with Gasteiger partial charge in [-0.25, -0.2) is 0 Å². The van der Waals surface area contributed by atoms with Crippen LogP contribution in [0.4, 0.5) is 0 Å². The molecular formula is C19H25NO3. The highest BCUT2D eigenvalue weighted by atomic mass is 16.5. The zero-order valence-electron chi connectivity index (χ0n) is 13.8. The molecular weight excluding hydrogens is 290 g/mol. The number of hydrogen-bond acceptors (Lipinski definition) is 4. The summed E-state index contributed by atoms with van der Waals surface area (Å²) in [5, 5.41) is 0. The van der Waals surface area contributed by atoms with Crippen molar-refractivity contribution in [3.8, 4) is 17.2 Å². The lowest BCUT2D eigenvalue weighted by Crippen LogP contribution is -2.15. The van der Waals surface area contributed by atoms with E-state index in [4.69, 9.17) is 19.9 Å². The Kier molecular flexibility index (Phi) is 6.76. The maximum atomic E-state index is 5.92. The SMILES string of the molecule is CCOc1ccc(C(CN)CCOc2ccc(OC)cc2)cc1.